The maximum Gasteiger partial charge on any atom is 0.246 e. The van der Waals surface area contributed by atoms with E-state index in [-0.39, 0.29) is 24.5 Å². The molecular formula is C30H43NO3. The molecule has 0 unspecified atom stereocenters. The van der Waals surface area contributed by atoms with E-state index >= 15 is 0 Å². The predicted octanol–water partition coefficient (Wildman–Crippen LogP) is 5.52. The van der Waals surface area contributed by atoms with Crippen LogP contribution in [0.3, 0.4) is 0 Å². The minimum Gasteiger partial charge on any atom is -0.394 e. The quantitative estimate of drug-likeness (QED) is 0.147. The molecule has 186 valence electrons. The van der Waals surface area contributed by atoms with Gasteiger partial charge in [0.15, 0.2) is 0 Å². The van der Waals surface area contributed by atoms with Gasteiger partial charge in [0, 0.05) is 17.9 Å². The van der Waals surface area contributed by atoms with Crippen LogP contribution in [0.1, 0.15) is 71.8 Å². The van der Waals surface area contributed by atoms with Gasteiger partial charge in [-0.05, 0) is 56.7 Å². The van der Waals surface area contributed by atoms with Gasteiger partial charge in [0.05, 0.1) is 18.8 Å². The van der Waals surface area contributed by atoms with Crippen LogP contribution in [0.25, 0.3) is 0 Å². The van der Waals surface area contributed by atoms with Gasteiger partial charge in [-0.25, -0.2) is 0 Å². The second-order valence-corrected chi connectivity index (χ2v) is 8.90. The van der Waals surface area contributed by atoms with Crippen LogP contribution in [0.4, 0.5) is 0 Å². The largest absolute Gasteiger partial charge is 0.394 e. The van der Waals surface area contributed by atoms with Gasteiger partial charge in [-0.1, -0.05) is 87.1 Å². The van der Waals surface area contributed by atoms with E-state index < -0.39 is 6.10 Å². The van der Waals surface area contributed by atoms with E-state index in [1.54, 1.807) is 13.0 Å². The lowest BCUT2D eigenvalue weighted by molar-refractivity contribution is -0.118. The zero-order chi connectivity index (χ0) is 25.2. The van der Waals surface area contributed by atoms with Crippen LogP contribution in [0.5, 0.6) is 0 Å². The van der Waals surface area contributed by atoms with E-state index in [0.29, 0.717) is 24.8 Å². The molecule has 0 saturated carbocycles. The summed E-state index contributed by atoms with van der Waals surface area (Å²) in [5, 5.41) is 22.9. The van der Waals surface area contributed by atoms with Crippen molar-refractivity contribution in [3.8, 4) is 11.8 Å². The fourth-order valence-corrected chi connectivity index (χ4v) is 3.51. The van der Waals surface area contributed by atoms with Crippen molar-refractivity contribution in [1.82, 2.24) is 5.32 Å². The number of hydrogen-bond donors (Lipinski definition) is 3. The maximum atomic E-state index is 12.4. The topological polar surface area (TPSA) is 69.6 Å². The third-order valence-corrected chi connectivity index (χ3v) is 5.78. The highest BCUT2D eigenvalue weighted by molar-refractivity contribution is 5.92. The Morgan fingerprint density at radius 3 is 2.53 bits per heavy atom. The Morgan fingerprint density at radius 2 is 1.85 bits per heavy atom. The van der Waals surface area contributed by atoms with Gasteiger partial charge in [0.25, 0.3) is 0 Å². The van der Waals surface area contributed by atoms with Crippen LogP contribution in [0, 0.1) is 17.8 Å². The van der Waals surface area contributed by atoms with E-state index in [9.17, 15) is 15.0 Å². The fraction of sp³-hybridized carbons (Fsp3) is 0.500. The minimum absolute atomic E-state index is 0.0120. The molecule has 0 aliphatic heterocycles. The van der Waals surface area contributed by atoms with Crippen LogP contribution in [0.2, 0.25) is 0 Å². The van der Waals surface area contributed by atoms with Crippen LogP contribution >= 0.6 is 0 Å². The van der Waals surface area contributed by atoms with E-state index in [1.807, 2.05) is 56.3 Å². The minimum atomic E-state index is -0.478. The lowest BCUT2D eigenvalue weighted by Gasteiger charge is -2.16. The highest BCUT2D eigenvalue weighted by Crippen LogP contribution is 2.15. The number of carbonyl (C=O) groups excluding carboxylic acids is 1. The summed E-state index contributed by atoms with van der Waals surface area (Å²) in [5.41, 5.74) is 2.72. The van der Waals surface area contributed by atoms with Crippen molar-refractivity contribution in [2.45, 2.75) is 84.8 Å². The highest BCUT2D eigenvalue weighted by Gasteiger charge is 2.13. The standard InChI is InChI=1S/C30H43NO3/c1-5-6-7-12-17-24(2)29(33)25(3)18-13-9-8-10-14-19-26(4)30(34)31-28(23-32)22-27-20-15-11-16-21-27/h11,13,15-21,25,28-29,32-33H,5-7,10,12,14,22-23H2,1-4H3,(H,31,34)/b18-13+,24-17+,26-19+/t25-,28+,29+/m1/s1. The summed E-state index contributed by atoms with van der Waals surface area (Å²) in [6, 6.07) is 9.50. The number of amides is 1. The summed E-state index contributed by atoms with van der Waals surface area (Å²) in [6.45, 7) is 7.85. The van der Waals surface area contributed by atoms with Crippen molar-refractivity contribution in [2.75, 3.05) is 6.61 Å². The first kappa shape index (κ1) is 29.4. The Hall–Kier alpha value is -2.61. The Morgan fingerprint density at radius 1 is 1.12 bits per heavy atom. The van der Waals surface area contributed by atoms with Crippen molar-refractivity contribution in [1.29, 1.82) is 0 Å². The number of hydrogen-bond acceptors (Lipinski definition) is 3. The van der Waals surface area contributed by atoms with Crippen molar-refractivity contribution in [3.63, 3.8) is 0 Å². The van der Waals surface area contributed by atoms with Gasteiger partial charge >= 0.3 is 0 Å². The molecule has 34 heavy (non-hydrogen) atoms. The Bertz CT molecular complexity index is 858. The molecule has 1 rings (SSSR count). The number of allylic oxidation sites excluding steroid dienone is 3. The van der Waals surface area contributed by atoms with Crippen molar-refractivity contribution >= 4 is 5.91 Å². The zero-order valence-electron chi connectivity index (χ0n) is 21.4. The molecule has 1 aromatic carbocycles. The lowest BCUT2D eigenvalue weighted by Crippen LogP contribution is -2.39. The van der Waals surface area contributed by atoms with Gasteiger partial charge in [0.1, 0.15) is 0 Å². The van der Waals surface area contributed by atoms with E-state index in [4.69, 9.17) is 0 Å². The number of unbranched alkanes of at least 4 members (excludes halogenated alkanes) is 4. The molecule has 0 radical (unpaired) electrons. The summed E-state index contributed by atoms with van der Waals surface area (Å²) < 4.78 is 0. The van der Waals surface area contributed by atoms with E-state index in [1.165, 1.54) is 19.3 Å². The van der Waals surface area contributed by atoms with Gasteiger partial charge in [-0.15, -0.1) is 0 Å². The number of aliphatic hydroxyl groups excluding tert-OH is 2. The van der Waals surface area contributed by atoms with E-state index in [0.717, 1.165) is 17.6 Å². The molecule has 3 N–H and O–H groups in total. The molecule has 1 aromatic rings. The Labute approximate surface area is 206 Å². The summed E-state index contributed by atoms with van der Waals surface area (Å²) in [7, 11) is 0. The first-order valence-electron chi connectivity index (χ1n) is 12.5. The third-order valence-electron chi connectivity index (χ3n) is 5.78. The van der Waals surface area contributed by atoms with Gasteiger partial charge < -0.3 is 15.5 Å². The van der Waals surface area contributed by atoms with E-state index in [2.05, 4.69) is 30.2 Å². The molecule has 0 heterocycles. The number of benzene rings is 1. The monoisotopic (exact) mass is 465 g/mol. The van der Waals surface area contributed by atoms with Crippen LogP contribution < -0.4 is 5.32 Å². The highest BCUT2D eigenvalue weighted by atomic mass is 16.3. The first-order valence-corrected chi connectivity index (χ1v) is 12.5. The van der Waals surface area contributed by atoms with Crippen LogP contribution in [-0.2, 0) is 11.2 Å². The van der Waals surface area contributed by atoms with Crippen LogP contribution in [0.15, 0.2) is 65.8 Å². The molecule has 4 heteroatoms. The van der Waals surface area contributed by atoms with Gasteiger partial charge in [0.2, 0.25) is 5.91 Å². The molecule has 1 amide bonds. The van der Waals surface area contributed by atoms with Gasteiger partial charge in [-0.2, -0.15) is 0 Å². The SMILES string of the molecule is CCCCC/C=C(\C)[C@H](O)[C@H](C)/C=C/C#CCC/C=C(\C)C(=O)N[C@H](CO)Cc1ccccc1. The maximum absolute atomic E-state index is 12.4. The number of carbonyl (C=O) groups is 1. The lowest BCUT2D eigenvalue weighted by atomic mass is 9.96. The molecule has 0 spiro atoms. The fourth-order valence-electron chi connectivity index (χ4n) is 3.51. The summed E-state index contributed by atoms with van der Waals surface area (Å²) in [4.78, 5) is 12.4. The smallest absolute Gasteiger partial charge is 0.246 e. The summed E-state index contributed by atoms with van der Waals surface area (Å²) in [5.74, 6) is 5.95. The third kappa shape index (κ3) is 12.6. The molecule has 0 saturated heterocycles. The Kier molecular flexibility index (Phi) is 15.4. The molecule has 4 nitrogen and oxygen atoms in total. The normalized spacial score (nSPS) is 14.9. The molecule has 3 atom stereocenters. The average molecular weight is 466 g/mol. The molecule has 0 bridgehead atoms. The summed E-state index contributed by atoms with van der Waals surface area (Å²) in [6.07, 6.45) is 13.8. The second kappa shape index (κ2) is 17.8. The summed E-state index contributed by atoms with van der Waals surface area (Å²) >= 11 is 0. The van der Waals surface area contributed by atoms with Crippen molar-refractivity contribution < 1.29 is 15.0 Å². The van der Waals surface area contributed by atoms with Crippen LogP contribution in [-0.4, -0.2) is 34.9 Å². The second-order valence-electron chi connectivity index (χ2n) is 8.90. The van der Waals surface area contributed by atoms with Gasteiger partial charge in [-0.3, -0.25) is 4.79 Å². The Balaban J connectivity index is 2.41. The molecular weight excluding hydrogens is 422 g/mol. The molecule has 0 aromatic heterocycles. The first-order chi connectivity index (χ1) is 16.4. The molecule has 0 fully saturated rings. The molecule has 0 aliphatic carbocycles. The number of rotatable bonds is 14. The predicted molar refractivity (Wildman–Crippen MR) is 142 cm³/mol. The number of nitrogens with one attached hydrogen (secondary N) is 1. The average Bonchev–Trinajstić information content (AvgIpc) is 2.85. The van der Waals surface area contributed by atoms with Crippen molar-refractivity contribution in [3.05, 3.63) is 71.3 Å². The zero-order valence-corrected chi connectivity index (χ0v) is 21.4. The molecule has 0 aliphatic rings. The number of aliphatic hydroxyl groups is 2. The van der Waals surface area contributed by atoms with Crippen molar-refractivity contribution in [2.24, 2.45) is 5.92 Å².